The smallest absolute Gasteiger partial charge is 0.319 e. The number of thiol groups is 1. The molecule has 2 unspecified atom stereocenters. The van der Waals surface area contributed by atoms with Crippen molar-refractivity contribution >= 4 is 51.7 Å². The molecule has 2 bridgehead atoms. The van der Waals surface area contributed by atoms with Crippen molar-refractivity contribution in [2.45, 2.75) is 43.7 Å². The van der Waals surface area contributed by atoms with Gasteiger partial charge in [0.05, 0.1) is 5.02 Å². The standard InChI is InChI=1S/C28H25ClF2N4O2S/c29-20-9-19-26(33-28(37-12-38)34-27(19)35-10-15-4-5-16(11-35)32-15)25(31)24(20)18-8-17(36)7-14-3-6-21(30)23(22(14)18)13-1-2-13/h3,6-9,13,15-16,32,36,38H,1-2,4-5,10-12H2. The van der Waals surface area contributed by atoms with E-state index in [9.17, 15) is 5.11 Å². The number of hydrogen-bond acceptors (Lipinski definition) is 7. The first-order chi connectivity index (χ1) is 18.4. The van der Waals surface area contributed by atoms with Crippen molar-refractivity contribution < 1.29 is 18.6 Å². The number of piperazine rings is 1. The van der Waals surface area contributed by atoms with E-state index in [4.69, 9.17) is 16.3 Å². The molecule has 2 saturated heterocycles. The number of nitrogens with zero attached hydrogens (tertiary/aromatic N) is 3. The lowest BCUT2D eigenvalue weighted by molar-refractivity contribution is 0.362. The maximum atomic E-state index is 16.6. The highest BCUT2D eigenvalue weighted by molar-refractivity contribution is 7.80. The van der Waals surface area contributed by atoms with Gasteiger partial charge in [0.1, 0.15) is 28.8 Å². The molecule has 7 rings (SSSR count). The molecular weight excluding hydrogens is 530 g/mol. The number of aromatic hydroxyl groups is 1. The number of benzene rings is 3. The quantitative estimate of drug-likeness (QED) is 0.202. The summed E-state index contributed by atoms with van der Waals surface area (Å²) in [5.41, 5.74) is 0.988. The van der Waals surface area contributed by atoms with Crippen molar-refractivity contribution in [1.29, 1.82) is 0 Å². The molecule has 0 amide bonds. The minimum atomic E-state index is -0.670. The Bertz CT molecular complexity index is 1600. The predicted molar refractivity (Wildman–Crippen MR) is 148 cm³/mol. The minimum Gasteiger partial charge on any atom is -0.508 e. The zero-order chi connectivity index (χ0) is 26.1. The number of ether oxygens (including phenoxy) is 1. The second-order valence-electron chi connectivity index (χ2n) is 10.4. The molecule has 2 N–H and O–H groups in total. The Labute approximate surface area is 228 Å². The molecule has 2 aliphatic heterocycles. The van der Waals surface area contributed by atoms with Gasteiger partial charge in [0.25, 0.3) is 0 Å². The Morgan fingerprint density at radius 3 is 2.55 bits per heavy atom. The van der Waals surface area contributed by atoms with E-state index in [1.165, 1.54) is 12.1 Å². The molecule has 3 heterocycles. The van der Waals surface area contributed by atoms with Crippen LogP contribution in [0.15, 0.2) is 30.3 Å². The van der Waals surface area contributed by atoms with Gasteiger partial charge >= 0.3 is 6.01 Å². The zero-order valence-corrected chi connectivity index (χ0v) is 22.0. The topological polar surface area (TPSA) is 70.5 Å². The van der Waals surface area contributed by atoms with Gasteiger partial charge in [-0.1, -0.05) is 17.7 Å². The highest BCUT2D eigenvalue weighted by Gasteiger charge is 2.35. The molecule has 1 saturated carbocycles. The number of aromatic nitrogens is 2. The fourth-order valence-corrected chi connectivity index (χ4v) is 6.57. The van der Waals surface area contributed by atoms with Crippen LogP contribution in [-0.4, -0.2) is 46.2 Å². The van der Waals surface area contributed by atoms with E-state index in [2.05, 4.69) is 32.8 Å². The van der Waals surface area contributed by atoms with E-state index in [0.717, 1.165) is 38.8 Å². The largest absolute Gasteiger partial charge is 0.508 e. The van der Waals surface area contributed by atoms with Gasteiger partial charge in [-0.2, -0.15) is 9.97 Å². The van der Waals surface area contributed by atoms with Crippen LogP contribution in [0.25, 0.3) is 32.8 Å². The van der Waals surface area contributed by atoms with Crippen LogP contribution in [0, 0.1) is 11.6 Å². The third-order valence-electron chi connectivity index (χ3n) is 7.90. The first-order valence-electron chi connectivity index (χ1n) is 12.8. The number of anilines is 1. The van der Waals surface area contributed by atoms with Crippen molar-refractivity contribution in [3.63, 3.8) is 0 Å². The van der Waals surface area contributed by atoms with Crippen molar-refractivity contribution in [3.05, 3.63) is 52.6 Å². The molecule has 6 nitrogen and oxygen atoms in total. The summed E-state index contributed by atoms with van der Waals surface area (Å²) in [5.74, 6) is -0.432. The lowest BCUT2D eigenvalue weighted by atomic mass is 9.91. The van der Waals surface area contributed by atoms with Gasteiger partial charge in [-0.05, 0) is 77.8 Å². The van der Waals surface area contributed by atoms with Gasteiger partial charge in [0, 0.05) is 36.1 Å². The Morgan fingerprint density at radius 2 is 1.84 bits per heavy atom. The molecule has 0 spiro atoms. The molecule has 3 fully saturated rings. The molecule has 10 heteroatoms. The van der Waals surface area contributed by atoms with Crippen molar-refractivity contribution in [2.75, 3.05) is 23.9 Å². The number of fused-ring (bicyclic) bond motifs is 4. The van der Waals surface area contributed by atoms with E-state index < -0.39 is 5.82 Å². The van der Waals surface area contributed by atoms with Crippen LogP contribution in [0.3, 0.4) is 0 Å². The molecule has 3 aromatic carbocycles. The maximum absolute atomic E-state index is 16.6. The molecule has 3 aliphatic rings. The summed E-state index contributed by atoms with van der Waals surface area (Å²) in [4.78, 5) is 11.1. The summed E-state index contributed by atoms with van der Waals surface area (Å²) in [6.45, 7) is 1.45. The highest BCUT2D eigenvalue weighted by Crippen LogP contribution is 2.49. The zero-order valence-electron chi connectivity index (χ0n) is 20.3. The van der Waals surface area contributed by atoms with E-state index in [0.29, 0.717) is 45.2 Å². The molecule has 2 atom stereocenters. The monoisotopic (exact) mass is 554 g/mol. The first-order valence-corrected chi connectivity index (χ1v) is 13.8. The molecule has 1 aromatic heterocycles. The lowest BCUT2D eigenvalue weighted by Gasteiger charge is -2.34. The van der Waals surface area contributed by atoms with Gasteiger partial charge in [-0.25, -0.2) is 8.78 Å². The van der Waals surface area contributed by atoms with Gasteiger partial charge < -0.3 is 20.1 Å². The van der Waals surface area contributed by atoms with Gasteiger partial charge in [-0.3, -0.25) is 0 Å². The average Bonchev–Trinajstić information content (AvgIpc) is 3.67. The van der Waals surface area contributed by atoms with E-state index in [1.807, 2.05) is 0 Å². The van der Waals surface area contributed by atoms with Gasteiger partial charge in [0.2, 0.25) is 0 Å². The second kappa shape index (κ2) is 9.10. The number of hydrogen-bond donors (Lipinski definition) is 3. The van der Waals surface area contributed by atoms with E-state index in [-0.39, 0.29) is 45.5 Å². The Kier molecular flexibility index (Phi) is 5.79. The Morgan fingerprint density at radius 1 is 1.08 bits per heavy atom. The number of halogens is 3. The summed E-state index contributed by atoms with van der Waals surface area (Å²) >= 11 is 11.0. The van der Waals surface area contributed by atoms with Crippen molar-refractivity contribution in [3.8, 4) is 22.9 Å². The highest BCUT2D eigenvalue weighted by atomic mass is 35.5. The second-order valence-corrected chi connectivity index (χ2v) is 11.1. The van der Waals surface area contributed by atoms with Gasteiger partial charge in [-0.15, -0.1) is 12.6 Å². The molecule has 1 aliphatic carbocycles. The molecule has 4 aromatic rings. The number of phenolic OH excluding ortho intramolecular Hbond substituents is 1. The summed E-state index contributed by atoms with van der Waals surface area (Å²) in [7, 11) is 0. The predicted octanol–water partition coefficient (Wildman–Crippen LogP) is 6.17. The third-order valence-corrected chi connectivity index (χ3v) is 8.32. The number of rotatable bonds is 5. The fourth-order valence-electron chi connectivity index (χ4n) is 6.16. The average molecular weight is 555 g/mol. The SMILES string of the molecule is Oc1cc(-c2c(Cl)cc3c(N4CC5CCC(C4)N5)nc(OCS)nc3c2F)c2c(C3CC3)c(F)ccc2c1. The van der Waals surface area contributed by atoms with Crippen molar-refractivity contribution in [1.82, 2.24) is 15.3 Å². The van der Waals surface area contributed by atoms with Crippen LogP contribution >= 0.6 is 24.2 Å². The molecule has 0 radical (unpaired) electrons. The van der Waals surface area contributed by atoms with E-state index in [1.54, 1.807) is 18.2 Å². The Balaban J connectivity index is 1.49. The molecule has 38 heavy (non-hydrogen) atoms. The van der Waals surface area contributed by atoms with Gasteiger partial charge in [0.15, 0.2) is 5.82 Å². The van der Waals surface area contributed by atoms with Crippen LogP contribution in [0.2, 0.25) is 5.02 Å². The maximum Gasteiger partial charge on any atom is 0.319 e. The van der Waals surface area contributed by atoms with Crippen LogP contribution in [0.4, 0.5) is 14.6 Å². The van der Waals surface area contributed by atoms with Crippen molar-refractivity contribution in [2.24, 2.45) is 0 Å². The summed E-state index contributed by atoms with van der Waals surface area (Å²) in [5, 5.41) is 15.9. The Hall–Kier alpha value is -2.88. The van der Waals surface area contributed by atoms with Crippen LogP contribution in [0.5, 0.6) is 11.8 Å². The van der Waals surface area contributed by atoms with E-state index >= 15 is 8.78 Å². The number of phenols is 1. The van der Waals surface area contributed by atoms with Crippen LogP contribution < -0.4 is 15.0 Å². The first kappa shape index (κ1) is 24.2. The van der Waals surface area contributed by atoms with Crippen LogP contribution in [-0.2, 0) is 0 Å². The third kappa shape index (κ3) is 3.94. The summed E-state index contributed by atoms with van der Waals surface area (Å²) < 4.78 is 37.2. The summed E-state index contributed by atoms with van der Waals surface area (Å²) in [6, 6.07) is 8.38. The molecule has 196 valence electrons. The lowest BCUT2D eigenvalue weighted by Crippen LogP contribution is -2.51. The normalized spacial score (nSPS) is 21.0. The minimum absolute atomic E-state index is 0.0195. The number of nitrogens with one attached hydrogen (secondary N) is 1. The molecular formula is C28H25ClF2N4O2S. The fraction of sp³-hybridized carbons (Fsp3) is 0.357. The van der Waals surface area contributed by atoms with Crippen LogP contribution in [0.1, 0.15) is 37.2 Å². The summed E-state index contributed by atoms with van der Waals surface area (Å²) in [6.07, 6.45) is 3.87.